The number of amides is 1. The lowest BCUT2D eigenvalue weighted by molar-refractivity contribution is -0.128. The number of ether oxygens (including phenoxy) is 3. The quantitative estimate of drug-likeness (QED) is 0.171. The second kappa shape index (κ2) is 11.1. The third-order valence-corrected chi connectivity index (χ3v) is 5.31. The maximum atomic E-state index is 12.5. The van der Waals surface area contributed by atoms with Crippen LogP contribution >= 0.6 is 0 Å². The van der Waals surface area contributed by atoms with E-state index in [0.717, 1.165) is 5.56 Å². The molecule has 1 N–H and O–H groups in total. The van der Waals surface area contributed by atoms with Gasteiger partial charge in [0, 0.05) is 35.7 Å². The van der Waals surface area contributed by atoms with Crippen LogP contribution in [0.1, 0.15) is 21.5 Å². The molecule has 0 saturated carbocycles. The molecular formula is C28H23NO7. The molecule has 0 atom stereocenters. The first-order valence-corrected chi connectivity index (χ1v) is 11.0. The molecule has 0 aliphatic carbocycles. The molecule has 0 radical (unpaired) electrons. The maximum absolute atomic E-state index is 12.5. The van der Waals surface area contributed by atoms with Crippen LogP contribution in [0.4, 0.5) is 0 Å². The summed E-state index contributed by atoms with van der Waals surface area (Å²) >= 11 is 0. The van der Waals surface area contributed by atoms with Gasteiger partial charge in [-0.2, -0.15) is 0 Å². The lowest BCUT2D eigenvalue weighted by Crippen LogP contribution is -2.27. The monoisotopic (exact) mass is 485 g/mol. The van der Waals surface area contributed by atoms with Crippen molar-refractivity contribution in [3.63, 3.8) is 0 Å². The molecule has 0 unspecified atom stereocenters. The van der Waals surface area contributed by atoms with Gasteiger partial charge in [-0.15, -0.1) is 0 Å². The molecule has 1 amide bonds. The van der Waals surface area contributed by atoms with E-state index in [1.165, 1.54) is 25.3 Å². The van der Waals surface area contributed by atoms with Gasteiger partial charge in [-0.05, 0) is 42.0 Å². The van der Waals surface area contributed by atoms with Gasteiger partial charge in [-0.1, -0.05) is 30.3 Å². The molecule has 1 aromatic heterocycles. The summed E-state index contributed by atoms with van der Waals surface area (Å²) in [5, 5.41) is 3.22. The van der Waals surface area contributed by atoms with E-state index in [0.29, 0.717) is 22.4 Å². The zero-order valence-electron chi connectivity index (χ0n) is 19.6. The Bertz CT molecular complexity index is 1490. The highest BCUT2D eigenvalue weighted by Gasteiger charge is 2.14. The number of benzene rings is 3. The molecule has 36 heavy (non-hydrogen) atoms. The number of nitrogens with one attached hydrogen (secondary N) is 1. The van der Waals surface area contributed by atoms with Gasteiger partial charge in [0.05, 0.1) is 14.2 Å². The Balaban J connectivity index is 1.46. The maximum Gasteiger partial charge on any atom is 0.349 e. The van der Waals surface area contributed by atoms with E-state index in [4.69, 9.17) is 18.6 Å². The first-order valence-electron chi connectivity index (χ1n) is 11.0. The zero-order valence-corrected chi connectivity index (χ0v) is 19.6. The van der Waals surface area contributed by atoms with Gasteiger partial charge in [0.2, 0.25) is 0 Å². The molecule has 8 nitrogen and oxygen atoms in total. The van der Waals surface area contributed by atoms with Crippen LogP contribution in [0.3, 0.4) is 0 Å². The summed E-state index contributed by atoms with van der Waals surface area (Å²) in [7, 11) is 3.07. The highest BCUT2D eigenvalue weighted by Crippen LogP contribution is 2.26. The number of methoxy groups -OCH3 is 2. The molecular weight excluding hydrogens is 462 g/mol. The topological polar surface area (TPSA) is 104 Å². The molecule has 4 aromatic rings. The standard InChI is InChI=1S/C28H23NO7/c1-33-21-11-8-19(24(15-21)34-2)10-13-26(30)35-22-12-9-20-14-23(28(32)36-25(20)16-22)27(31)29-17-18-6-4-3-5-7-18/h3-16H,17H2,1-2H3,(H,29,31)/b13-10+. The van der Waals surface area contributed by atoms with E-state index in [9.17, 15) is 14.4 Å². The molecule has 0 aliphatic rings. The Morgan fingerprint density at radius 1 is 0.917 bits per heavy atom. The van der Waals surface area contributed by atoms with E-state index < -0.39 is 17.5 Å². The molecule has 0 saturated heterocycles. The van der Waals surface area contributed by atoms with Crippen LogP contribution in [0.15, 0.2) is 88.1 Å². The largest absolute Gasteiger partial charge is 0.497 e. The summed E-state index contributed by atoms with van der Waals surface area (Å²) in [6.45, 7) is 0.280. The van der Waals surface area contributed by atoms with Gasteiger partial charge < -0.3 is 23.9 Å². The van der Waals surface area contributed by atoms with Crippen molar-refractivity contribution in [1.29, 1.82) is 0 Å². The Labute approximate surface area is 206 Å². The Kier molecular flexibility index (Phi) is 7.45. The SMILES string of the molecule is COc1ccc(/C=C/C(=O)Oc2ccc3cc(C(=O)NCc4ccccc4)c(=O)oc3c2)c(OC)c1. The third kappa shape index (κ3) is 5.79. The van der Waals surface area contributed by atoms with Crippen LogP contribution in [0, 0.1) is 0 Å². The molecule has 3 aromatic carbocycles. The van der Waals surface area contributed by atoms with Gasteiger partial charge in [0.1, 0.15) is 28.4 Å². The van der Waals surface area contributed by atoms with Gasteiger partial charge in [-0.3, -0.25) is 4.79 Å². The Morgan fingerprint density at radius 2 is 1.69 bits per heavy atom. The van der Waals surface area contributed by atoms with Crippen molar-refractivity contribution >= 4 is 28.9 Å². The molecule has 1 heterocycles. The van der Waals surface area contributed by atoms with Crippen molar-refractivity contribution in [2.45, 2.75) is 6.54 Å². The predicted molar refractivity (Wildman–Crippen MR) is 134 cm³/mol. The Morgan fingerprint density at radius 3 is 2.44 bits per heavy atom. The second-order valence-electron chi connectivity index (χ2n) is 7.68. The summed E-state index contributed by atoms with van der Waals surface area (Å²) in [6, 6.07) is 20.6. The van der Waals surface area contributed by atoms with Gasteiger partial charge >= 0.3 is 11.6 Å². The smallest absolute Gasteiger partial charge is 0.349 e. The van der Waals surface area contributed by atoms with Crippen molar-refractivity contribution in [1.82, 2.24) is 5.32 Å². The summed E-state index contributed by atoms with van der Waals surface area (Å²) in [5.74, 6) is 0.175. The lowest BCUT2D eigenvalue weighted by atomic mass is 10.1. The van der Waals surface area contributed by atoms with Crippen LogP contribution in [0.25, 0.3) is 17.0 Å². The van der Waals surface area contributed by atoms with Crippen molar-refractivity contribution < 1.29 is 28.2 Å². The fourth-order valence-corrected chi connectivity index (χ4v) is 3.45. The minimum Gasteiger partial charge on any atom is -0.497 e. The van der Waals surface area contributed by atoms with Gasteiger partial charge in [-0.25, -0.2) is 9.59 Å². The Hall–Kier alpha value is -4.85. The third-order valence-electron chi connectivity index (χ3n) is 5.31. The molecule has 0 aliphatic heterocycles. The van der Waals surface area contributed by atoms with E-state index in [1.807, 2.05) is 30.3 Å². The lowest BCUT2D eigenvalue weighted by Gasteiger charge is -2.07. The number of rotatable bonds is 8. The normalized spacial score (nSPS) is 10.8. The zero-order chi connectivity index (χ0) is 25.5. The fourth-order valence-electron chi connectivity index (χ4n) is 3.45. The van der Waals surface area contributed by atoms with Crippen LogP contribution in [-0.2, 0) is 11.3 Å². The number of esters is 1. The van der Waals surface area contributed by atoms with Crippen LogP contribution in [0.2, 0.25) is 0 Å². The highest BCUT2D eigenvalue weighted by molar-refractivity contribution is 5.97. The highest BCUT2D eigenvalue weighted by atomic mass is 16.5. The van der Waals surface area contributed by atoms with E-state index in [-0.39, 0.29) is 23.4 Å². The minimum absolute atomic E-state index is 0.112. The summed E-state index contributed by atoms with van der Waals surface area (Å²) < 4.78 is 21.1. The van der Waals surface area contributed by atoms with Crippen molar-refractivity contribution in [3.8, 4) is 17.2 Å². The van der Waals surface area contributed by atoms with Gasteiger partial charge in [0.25, 0.3) is 5.91 Å². The summed E-state index contributed by atoms with van der Waals surface area (Å²) in [5.41, 5.74) is 0.855. The first kappa shape index (κ1) is 24.3. The van der Waals surface area contributed by atoms with E-state index in [2.05, 4.69) is 5.32 Å². The number of hydrogen-bond acceptors (Lipinski definition) is 7. The predicted octanol–water partition coefficient (Wildman–Crippen LogP) is 4.36. The number of hydrogen-bond donors (Lipinski definition) is 1. The van der Waals surface area contributed by atoms with E-state index >= 15 is 0 Å². The summed E-state index contributed by atoms with van der Waals surface area (Å²) in [4.78, 5) is 37.2. The molecule has 0 fully saturated rings. The van der Waals surface area contributed by atoms with Crippen molar-refractivity contribution in [2.75, 3.05) is 14.2 Å². The molecule has 0 spiro atoms. The average Bonchev–Trinajstić information content (AvgIpc) is 2.90. The first-order chi connectivity index (χ1) is 17.5. The minimum atomic E-state index is -0.789. The van der Waals surface area contributed by atoms with Crippen molar-refractivity contribution in [3.05, 3.63) is 106 Å². The number of carbonyl (C=O) groups excluding carboxylic acids is 2. The number of carbonyl (C=O) groups is 2. The van der Waals surface area contributed by atoms with Crippen LogP contribution < -0.4 is 25.2 Å². The fraction of sp³-hybridized carbons (Fsp3) is 0.107. The average molecular weight is 485 g/mol. The second-order valence-corrected chi connectivity index (χ2v) is 7.68. The summed E-state index contributed by atoms with van der Waals surface area (Å²) in [6.07, 6.45) is 2.81. The molecule has 4 rings (SSSR count). The molecule has 8 heteroatoms. The van der Waals surface area contributed by atoms with Crippen molar-refractivity contribution in [2.24, 2.45) is 0 Å². The molecule has 182 valence electrons. The molecule has 0 bridgehead atoms. The van der Waals surface area contributed by atoms with E-state index in [1.54, 1.807) is 43.5 Å². The van der Waals surface area contributed by atoms with Crippen LogP contribution in [0.5, 0.6) is 17.2 Å². The van der Waals surface area contributed by atoms with Gasteiger partial charge in [0.15, 0.2) is 0 Å². The van der Waals surface area contributed by atoms with Crippen LogP contribution in [-0.4, -0.2) is 26.1 Å². The number of fused-ring (bicyclic) bond motifs is 1.